The number of rotatable bonds is 5. The monoisotopic (exact) mass is 290 g/mol. The van der Waals surface area contributed by atoms with Gasteiger partial charge in [-0.1, -0.05) is 13.8 Å². The highest BCUT2D eigenvalue weighted by molar-refractivity contribution is 9.10. The van der Waals surface area contributed by atoms with E-state index >= 15 is 0 Å². The van der Waals surface area contributed by atoms with E-state index in [9.17, 15) is 9.59 Å². The van der Waals surface area contributed by atoms with Gasteiger partial charge in [-0.25, -0.2) is 4.79 Å². The summed E-state index contributed by atoms with van der Waals surface area (Å²) in [5.41, 5.74) is -0.828. The molecular weight excluding hydrogens is 276 g/mol. The second-order valence-corrected chi connectivity index (χ2v) is 4.75. The van der Waals surface area contributed by atoms with Gasteiger partial charge in [0.15, 0.2) is 0 Å². The van der Waals surface area contributed by atoms with Crippen LogP contribution in [0.4, 0.5) is 0 Å². The van der Waals surface area contributed by atoms with Crippen molar-refractivity contribution in [2.75, 3.05) is 13.2 Å². The zero-order valence-corrected chi connectivity index (χ0v) is 10.9. The summed E-state index contributed by atoms with van der Waals surface area (Å²) in [7, 11) is 0. The Kier molecular flexibility index (Phi) is 4.95. The van der Waals surface area contributed by atoms with Gasteiger partial charge >= 0.3 is 5.69 Å². The fourth-order valence-electron chi connectivity index (χ4n) is 1.13. The minimum absolute atomic E-state index is 0.343. The molecule has 90 valence electrons. The van der Waals surface area contributed by atoms with E-state index in [1.54, 1.807) is 0 Å². The van der Waals surface area contributed by atoms with Crippen LogP contribution >= 0.6 is 15.9 Å². The quantitative estimate of drug-likeness (QED) is 0.822. The summed E-state index contributed by atoms with van der Waals surface area (Å²) in [5, 5.41) is 0. The van der Waals surface area contributed by atoms with Gasteiger partial charge in [0.05, 0.1) is 17.6 Å². The fraction of sp³-hybridized carbons (Fsp3) is 0.600. The van der Waals surface area contributed by atoms with Crippen LogP contribution in [-0.2, 0) is 11.3 Å². The lowest BCUT2D eigenvalue weighted by Crippen LogP contribution is -2.31. The summed E-state index contributed by atoms with van der Waals surface area (Å²) in [6, 6.07) is 0. The van der Waals surface area contributed by atoms with Crippen LogP contribution < -0.4 is 11.2 Å². The predicted octanol–water partition coefficient (Wildman–Crippen LogP) is 0.972. The van der Waals surface area contributed by atoms with Gasteiger partial charge in [-0.2, -0.15) is 0 Å². The van der Waals surface area contributed by atoms with E-state index in [1.807, 2.05) is 0 Å². The van der Waals surface area contributed by atoms with E-state index in [1.165, 1.54) is 10.8 Å². The summed E-state index contributed by atoms with van der Waals surface area (Å²) in [6.07, 6.45) is 1.47. The number of nitrogens with one attached hydrogen (secondary N) is 1. The second-order valence-electron chi connectivity index (χ2n) is 3.90. The average molecular weight is 291 g/mol. The average Bonchev–Trinajstić information content (AvgIpc) is 2.19. The van der Waals surface area contributed by atoms with Gasteiger partial charge in [-0.15, -0.1) is 0 Å². The van der Waals surface area contributed by atoms with Gasteiger partial charge in [-0.05, 0) is 21.8 Å². The van der Waals surface area contributed by atoms with Crippen molar-refractivity contribution in [1.29, 1.82) is 0 Å². The highest BCUT2D eigenvalue weighted by atomic mass is 79.9. The number of nitrogens with zero attached hydrogens (tertiary/aromatic N) is 1. The first-order valence-electron chi connectivity index (χ1n) is 5.07. The standard InChI is InChI=1S/C10H15BrN2O3/c1-7(2)6-16-4-3-13-5-8(11)9(14)12-10(13)15/h5,7H,3-4,6H2,1-2H3,(H,12,14,15). The summed E-state index contributed by atoms with van der Waals surface area (Å²) in [5.74, 6) is 0.471. The van der Waals surface area contributed by atoms with Gasteiger partial charge < -0.3 is 4.74 Å². The lowest BCUT2D eigenvalue weighted by molar-refractivity contribution is 0.102. The van der Waals surface area contributed by atoms with Crippen molar-refractivity contribution in [2.24, 2.45) is 5.92 Å². The molecule has 0 saturated carbocycles. The van der Waals surface area contributed by atoms with Gasteiger partial charge in [0.25, 0.3) is 5.56 Å². The molecule has 1 rings (SSSR count). The number of aromatic amines is 1. The number of ether oxygens (including phenoxy) is 1. The Balaban J connectivity index is 2.58. The third-order valence-electron chi connectivity index (χ3n) is 1.90. The van der Waals surface area contributed by atoms with Gasteiger partial charge in [0.2, 0.25) is 0 Å². The molecule has 0 aliphatic rings. The Morgan fingerprint density at radius 3 is 2.81 bits per heavy atom. The van der Waals surface area contributed by atoms with E-state index in [-0.39, 0.29) is 0 Å². The molecule has 0 spiro atoms. The van der Waals surface area contributed by atoms with E-state index < -0.39 is 11.2 Å². The topological polar surface area (TPSA) is 64.1 Å². The fourth-order valence-corrected chi connectivity index (χ4v) is 1.48. The molecule has 5 nitrogen and oxygen atoms in total. The van der Waals surface area contributed by atoms with Crippen LogP contribution in [0.5, 0.6) is 0 Å². The zero-order valence-electron chi connectivity index (χ0n) is 9.33. The predicted molar refractivity (Wildman–Crippen MR) is 64.7 cm³/mol. The van der Waals surface area contributed by atoms with Crippen LogP contribution in [0.15, 0.2) is 20.3 Å². The first-order chi connectivity index (χ1) is 7.50. The van der Waals surface area contributed by atoms with Crippen molar-refractivity contribution in [1.82, 2.24) is 9.55 Å². The Morgan fingerprint density at radius 1 is 1.50 bits per heavy atom. The van der Waals surface area contributed by atoms with E-state index in [0.29, 0.717) is 30.1 Å². The molecule has 6 heteroatoms. The van der Waals surface area contributed by atoms with Crippen molar-refractivity contribution in [3.63, 3.8) is 0 Å². The normalized spacial score (nSPS) is 11.0. The molecule has 0 aliphatic carbocycles. The Hall–Kier alpha value is -0.880. The Morgan fingerprint density at radius 2 is 2.19 bits per heavy atom. The van der Waals surface area contributed by atoms with Crippen LogP contribution in [0.3, 0.4) is 0 Å². The van der Waals surface area contributed by atoms with E-state index in [2.05, 4.69) is 34.8 Å². The third-order valence-corrected chi connectivity index (χ3v) is 2.46. The molecule has 0 bridgehead atoms. The summed E-state index contributed by atoms with van der Waals surface area (Å²) < 4.78 is 7.11. The smallest absolute Gasteiger partial charge is 0.328 e. The maximum Gasteiger partial charge on any atom is 0.328 e. The maximum atomic E-state index is 11.4. The molecule has 0 radical (unpaired) electrons. The summed E-state index contributed by atoms with van der Waals surface area (Å²) in [6.45, 7) is 5.67. The van der Waals surface area contributed by atoms with E-state index in [4.69, 9.17) is 4.74 Å². The Bertz CT molecular complexity index is 450. The molecule has 1 N–H and O–H groups in total. The van der Waals surface area contributed by atoms with Gasteiger partial charge in [0.1, 0.15) is 0 Å². The molecule has 0 amide bonds. The largest absolute Gasteiger partial charge is 0.379 e. The number of aromatic nitrogens is 2. The molecule has 0 aromatic carbocycles. The van der Waals surface area contributed by atoms with Crippen LogP contribution in [0, 0.1) is 5.92 Å². The summed E-state index contributed by atoms with van der Waals surface area (Å²) in [4.78, 5) is 24.6. The number of hydrogen-bond donors (Lipinski definition) is 1. The van der Waals surface area contributed by atoms with Crippen LogP contribution in [0.1, 0.15) is 13.8 Å². The third kappa shape index (κ3) is 3.94. The highest BCUT2D eigenvalue weighted by Crippen LogP contribution is 1.98. The Labute approximate surface area is 102 Å². The van der Waals surface area contributed by atoms with Gasteiger partial charge in [0, 0.05) is 12.8 Å². The molecule has 0 unspecified atom stereocenters. The molecule has 1 aromatic heterocycles. The molecule has 0 saturated heterocycles. The maximum absolute atomic E-state index is 11.4. The van der Waals surface area contributed by atoms with Crippen LogP contribution in [0.25, 0.3) is 0 Å². The van der Waals surface area contributed by atoms with Crippen molar-refractivity contribution >= 4 is 15.9 Å². The van der Waals surface area contributed by atoms with Crippen molar-refractivity contribution in [3.05, 3.63) is 31.5 Å². The van der Waals surface area contributed by atoms with E-state index in [0.717, 1.165) is 0 Å². The van der Waals surface area contributed by atoms with Crippen LogP contribution in [0.2, 0.25) is 0 Å². The minimum atomic E-state index is -0.415. The number of hydrogen-bond acceptors (Lipinski definition) is 3. The van der Waals surface area contributed by atoms with Crippen molar-refractivity contribution in [3.8, 4) is 0 Å². The lowest BCUT2D eigenvalue weighted by Gasteiger charge is -2.08. The van der Waals surface area contributed by atoms with Gasteiger partial charge in [-0.3, -0.25) is 14.3 Å². The molecule has 1 heterocycles. The van der Waals surface area contributed by atoms with Crippen molar-refractivity contribution < 1.29 is 4.74 Å². The molecular formula is C10H15BrN2O3. The van der Waals surface area contributed by atoms with Crippen molar-refractivity contribution in [2.45, 2.75) is 20.4 Å². The number of H-pyrrole nitrogens is 1. The molecule has 0 fully saturated rings. The first kappa shape index (κ1) is 13.2. The summed E-state index contributed by atoms with van der Waals surface area (Å²) >= 11 is 3.07. The number of halogens is 1. The second kappa shape index (κ2) is 6.00. The van der Waals surface area contributed by atoms with Crippen LogP contribution in [-0.4, -0.2) is 22.8 Å². The first-order valence-corrected chi connectivity index (χ1v) is 5.87. The molecule has 1 aromatic rings. The zero-order chi connectivity index (χ0) is 12.1. The molecule has 0 atom stereocenters. The minimum Gasteiger partial charge on any atom is -0.379 e. The lowest BCUT2D eigenvalue weighted by atomic mass is 10.2. The molecule has 16 heavy (non-hydrogen) atoms. The molecule has 0 aliphatic heterocycles. The SMILES string of the molecule is CC(C)COCCn1cc(Br)c(=O)[nH]c1=O. The highest BCUT2D eigenvalue weighted by Gasteiger charge is 2.01.